The van der Waals surface area contributed by atoms with Crippen LogP contribution in [-0.4, -0.2) is 31.8 Å². The topological polar surface area (TPSA) is 35.5 Å². The van der Waals surface area contributed by atoms with Crippen molar-refractivity contribution in [1.82, 2.24) is 0 Å². The van der Waals surface area contributed by atoms with Crippen LogP contribution in [0.1, 0.15) is 45.6 Å². The molecule has 0 heterocycles. The van der Waals surface area contributed by atoms with Crippen LogP contribution in [0.3, 0.4) is 0 Å². The smallest absolute Gasteiger partial charge is 0.160 e. The van der Waals surface area contributed by atoms with Crippen molar-refractivity contribution in [2.45, 2.75) is 46.2 Å². The van der Waals surface area contributed by atoms with Gasteiger partial charge >= 0.3 is 0 Å². The first-order valence-electron chi connectivity index (χ1n) is 7.87. The van der Waals surface area contributed by atoms with Gasteiger partial charge in [-0.25, -0.2) is 4.39 Å². The maximum atomic E-state index is 13.6. The van der Waals surface area contributed by atoms with Gasteiger partial charge < -0.3 is 9.47 Å². The Kier molecular flexibility index (Phi) is 8.10. The highest BCUT2D eigenvalue weighted by Gasteiger charge is 2.11. The molecule has 1 aromatic carbocycles. The molecule has 1 rings (SSSR count). The molecule has 22 heavy (non-hydrogen) atoms. The number of carbonyl (C=O) groups excluding carboxylic acids is 1. The highest BCUT2D eigenvalue weighted by Crippen LogP contribution is 2.18. The van der Waals surface area contributed by atoms with Gasteiger partial charge in [0, 0.05) is 12.3 Å². The Balaban J connectivity index is 2.19. The number of rotatable bonds is 10. The third kappa shape index (κ3) is 7.03. The van der Waals surface area contributed by atoms with Crippen molar-refractivity contribution in [2.75, 3.05) is 19.8 Å². The van der Waals surface area contributed by atoms with Crippen molar-refractivity contribution in [1.29, 1.82) is 0 Å². The quantitative estimate of drug-likeness (QED) is 0.651. The molecule has 0 fully saturated rings. The number of halogens is 1. The molecule has 1 atom stereocenters. The number of ketones is 1. The highest BCUT2D eigenvalue weighted by atomic mass is 19.1. The highest BCUT2D eigenvalue weighted by molar-refractivity contribution is 5.81. The average molecular weight is 310 g/mol. The van der Waals surface area contributed by atoms with Gasteiger partial charge in [-0.15, -0.1) is 0 Å². The van der Waals surface area contributed by atoms with Crippen molar-refractivity contribution in [3.8, 4) is 5.75 Å². The number of Topliss-reactive ketones (excluding diaryl/α,β-unsaturated/α-hetero) is 1. The third-order valence-corrected chi connectivity index (χ3v) is 3.43. The molecule has 0 saturated heterocycles. The zero-order chi connectivity index (χ0) is 16.5. The van der Waals surface area contributed by atoms with Crippen molar-refractivity contribution >= 4 is 5.78 Å². The van der Waals surface area contributed by atoms with Crippen molar-refractivity contribution in [3.05, 3.63) is 29.8 Å². The molecule has 0 aliphatic rings. The molecule has 0 aromatic heterocycles. The van der Waals surface area contributed by atoms with Gasteiger partial charge in [0.05, 0.1) is 13.2 Å². The van der Waals surface area contributed by atoms with Crippen LogP contribution in [0, 0.1) is 5.92 Å². The summed E-state index contributed by atoms with van der Waals surface area (Å²) in [4.78, 5) is 11.3. The number of alkyl halides is 1. The Bertz CT molecular complexity index is 440. The van der Waals surface area contributed by atoms with Crippen LogP contribution in [0.4, 0.5) is 4.39 Å². The van der Waals surface area contributed by atoms with Crippen LogP contribution in [0.25, 0.3) is 0 Å². The van der Waals surface area contributed by atoms with Gasteiger partial charge in [0.1, 0.15) is 18.5 Å². The van der Waals surface area contributed by atoms with Crippen LogP contribution in [0.15, 0.2) is 24.3 Å². The summed E-state index contributed by atoms with van der Waals surface area (Å²) < 4.78 is 24.2. The fourth-order valence-electron chi connectivity index (χ4n) is 1.79. The molecule has 0 saturated carbocycles. The fraction of sp³-hybridized carbons (Fsp3) is 0.611. The lowest BCUT2D eigenvalue weighted by atomic mass is 10.0. The molecule has 0 aliphatic heterocycles. The zero-order valence-corrected chi connectivity index (χ0v) is 14.0. The van der Waals surface area contributed by atoms with Crippen LogP contribution in [0.5, 0.6) is 5.75 Å². The summed E-state index contributed by atoms with van der Waals surface area (Å²) in [6.45, 7) is 8.09. The molecular formula is C18H27FO3. The number of carbonyl (C=O) groups is 1. The van der Waals surface area contributed by atoms with Gasteiger partial charge in [0.25, 0.3) is 0 Å². The lowest BCUT2D eigenvalue weighted by Gasteiger charge is -2.12. The lowest BCUT2D eigenvalue weighted by Crippen LogP contribution is -2.20. The molecule has 0 N–H and O–H groups in total. The van der Waals surface area contributed by atoms with Gasteiger partial charge in [0.15, 0.2) is 5.78 Å². The van der Waals surface area contributed by atoms with E-state index in [-0.39, 0.29) is 31.3 Å². The first kappa shape index (κ1) is 18.6. The minimum atomic E-state index is -1.12. The van der Waals surface area contributed by atoms with E-state index in [1.807, 2.05) is 24.3 Å². The first-order chi connectivity index (χ1) is 10.4. The van der Waals surface area contributed by atoms with Gasteiger partial charge in [-0.1, -0.05) is 39.8 Å². The Hall–Kier alpha value is -1.42. The van der Waals surface area contributed by atoms with E-state index < -0.39 is 6.17 Å². The normalized spacial score (nSPS) is 12.7. The number of hydrogen-bond acceptors (Lipinski definition) is 3. The second kappa shape index (κ2) is 9.57. The second-order valence-corrected chi connectivity index (χ2v) is 6.09. The minimum absolute atomic E-state index is 0.00584. The largest absolute Gasteiger partial charge is 0.493 e. The molecule has 1 unspecified atom stereocenters. The summed E-state index contributed by atoms with van der Waals surface area (Å²) in [7, 11) is 0. The minimum Gasteiger partial charge on any atom is -0.493 e. The van der Waals surface area contributed by atoms with Crippen molar-refractivity contribution in [3.63, 3.8) is 0 Å². The summed E-state index contributed by atoms with van der Waals surface area (Å²) in [6, 6.07) is 7.85. The summed E-state index contributed by atoms with van der Waals surface area (Å²) in [5, 5.41) is 0. The predicted molar refractivity (Wildman–Crippen MR) is 86.2 cm³/mol. The molecule has 1 aromatic rings. The SMILES string of the molecule is CC(C)C(=O)COCC(F)CCOc1ccc(C(C)C)cc1. The Morgan fingerprint density at radius 3 is 2.32 bits per heavy atom. The van der Waals surface area contributed by atoms with Crippen LogP contribution in [0.2, 0.25) is 0 Å². The molecule has 0 bridgehead atoms. The molecule has 0 spiro atoms. The van der Waals surface area contributed by atoms with E-state index in [2.05, 4.69) is 13.8 Å². The van der Waals surface area contributed by atoms with Gasteiger partial charge in [0.2, 0.25) is 0 Å². The first-order valence-corrected chi connectivity index (χ1v) is 7.87. The van der Waals surface area contributed by atoms with E-state index in [1.54, 1.807) is 13.8 Å². The summed E-state index contributed by atoms with van der Waals surface area (Å²) >= 11 is 0. The van der Waals surface area contributed by atoms with E-state index in [0.29, 0.717) is 12.5 Å². The van der Waals surface area contributed by atoms with Crippen LogP contribution < -0.4 is 4.74 Å². The number of hydrogen-bond donors (Lipinski definition) is 0. The predicted octanol–water partition coefficient (Wildman–Crippen LogP) is 4.16. The average Bonchev–Trinajstić information content (AvgIpc) is 2.47. The summed E-state index contributed by atoms with van der Waals surface area (Å²) in [6.07, 6.45) is -0.864. The monoisotopic (exact) mass is 310 g/mol. The lowest BCUT2D eigenvalue weighted by molar-refractivity contribution is -0.127. The fourth-order valence-corrected chi connectivity index (χ4v) is 1.79. The van der Waals surface area contributed by atoms with Crippen LogP contribution >= 0.6 is 0 Å². The summed E-state index contributed by atoms with van der Waals surface area (Å²) in [5.41, 5.74) is 1.25. The summed E-state index contributed by atoms with van der Waals surface area (Å²) in [5.74, 6) is 1.14. The van der Waals surface area contributed by atoms with Gasteiger partial charge in [-0.3, -0.25) is 4.79 Å². The molecule has 0 amide bonds. The Labute approximate surface area is 132 Å². The van der Waals surface area contributed by atoms with Gasteiger partial charge in [-0.05, 0) is 23.6 Å². The Morgan fingerprint density at radius 1 is 1.14 bits per heavy atom. The number of ether oxygens (including phenoxy) is 2. The maximum absolute atomic E-state index is 13.6. The van der Waals surface area contributed by atoms with E-state index >= 15 is 0 Å². The van der Waals surface area contributed by atoms with E-state index in [0.717, 1.165) is 5.75 Å². The third-order valence-electron chi connectivity index (χ3n) is 3.43. The van der Waals surface area contributed by atoms with Gasteiger partial charge in [-0.2, -0.15) is 0 Å². The van der Waals surface area contributed by atoms with Crippen molar-refractivity contribution < 1.29 is 18.7 Å². The van der Waals surface area contributed by atoms with E-state index in [4.69, 9.17) is 9.47 Å². The van der Waals surface area contributed by atoms with E-state index in [9.17, 15) is 9.18 Å². The second-order valence-electron chi connectivity index (χ2n) is 6.09. The molecule has 4 heteroatoms. The molecule has 0 aliphatic carbocycles. The molecular weight excluding hydrogens is 283 g/mol. The maximum Gasteiger partial charge on any atom is 0.160 e. The molecule has 0 radical (unpaired) electrons. The Morgan fingerprint density at radius 2 is 1.77 bits per heavy atom. The number of benzene rings is 1. The van der Waals surface area contributed by atoms with E-state index in [1.165, 1.54) is 5.56 Å². The zero-order valence-electron chi connectivity index (χ0n) is 14.0. The molecule has 3 nitrogen and oxygen atoms in total. The standard InChI is InChI=1S/C18H27FO3/c1-13(2)15-5-7-17(8-6-15)22-10-9-16(19)11-21-12-18(20)14(3)4/h5-8,13-14,16H,9-12H2,1-4H3. The van der Waals surface area contributed by atoms with Crippen molar-refractivity contribution in [2.24, 2.45) is 5.92 Å². The van der Waals surface area contributed by atoms with Crippen LogP contribution in [-0.2, 0) is 9.53 Å². The molecule has 124 valence electrons.